The van der Waals surface area contributed by atoms with Crippen LogP contribution < -0.4 is 5.32 Å². The first-order valence-corrected chi connectivity index (χ1v) is 6.86. The van der Waals surface area contributed by atoms with Crippen LogP contribution in [-0.2, 0) is 14.4 Å². The standard InChI is InChI=1S/C14H24N2O4/c1-8(2)11(17)15-6-7-16(5)12(18)9-10(13(19)20)14(9,3)4/h8-10H,6-7H2,1-5H3,(H,15,17)(H,19,20)/t9-,10+/m0/s1. The molecule has 1 aliphatic carbocycles. The molecule has 0 unspecified atom stereocenters. The fourth-order valence-electron chi connectivity index (χ4n) is 2.46. The van der Waals surface area contributed by atoms with E-state index in [-0.39, 0.29) is 17.7 Å². The zero-order valence-corrected chi connectivity index (χ0v) is 12.8. The molecule has 0 aromatic rings. The van der Waals surface area contributed by atoms with Crippen molar-refractivity contribution in [3.8, 4) is 0 Å². The van der Waals surface area contributed by atoms with Crippen molar-refractivity contribution in [3.05, 3.63) is 0 Å². The van der Waals surface area contributed by atoms with E-state index in [0.29, 0.717) is 13.1 Å². The maximum atomic E-state index is 12.2. The Hall–Kier alpha value is -1.59. The Labute approximate surface area is 119 Å². The van der Waals surface area contributed by atoms with Crippen LogP contribution in [0.3, 0.4) is 0 Å². The minimum Gasteiger partial charge on any atom is -0.481 e. The number of carboxylic acid groups (broad SMARTS) is 1. The Morgan fingerprint density at radius 1 is 1.25 bits per heavy atom. The van der Waals surface area contributed by atoms with Gasteiger partial charge in [0.05, 0.1) is 11.8 Å². The number of hydrogen-bond donors (Lipinski definition) is 2. The van der Waals surface area contributed by atoms with E-state index >= 15 is 0 Å². The number of nitrogens with zero attached hydrogens (tertiary/aromatic N) is 1. The quantitative estimate of drug-likeness (QED) is 0.746. The molecule has 2 N–H and O–H groups in total. The highest BCUT2D eigenvalue weighted by molar-refractivity contribution is 5.91. The van der Waals surface area contributed by atoms with Gasteiger partial charge >= 0.3 is 5.97 Å². The molecule has 1 saturated carbocycles. The Morgan fingerprint density at radius 2 is 1.80 bits per heavy atom. The van der Waals surface area contributed by atoms with Crippen LogP contribution in [0.15, 0.2) is 0 Å². The van der Waals surface area contributed by atoms with Crippen molar-refractivity contribution >= 4 is 17.8 Å². The van der Waals surface area contributed by atoms with Crippen LogP contribution in [-0.4, -0.2) is 47.9 Å². The van der Waals surface area contributed by atoms with Gasteiger partial charge in [-0.25, -0.2) is 0 Å². The third kappa shape index (κ3) is 3.29. The van der Waals surface area contributed by atoms with Gasteiger partial charge in [0.15, 0.2) is 0 Å². The van der Waals surface area contributed by atoms with Gasteiger partial charge < -0.3 is 15.3 Å². The van der Waals surface area contributed by atoms with E-state index < -0.39 is 23.2 Å². The third-order valence-corrected chi connectivity index (χ3v) is 4.01. The molecule has 1 aliphatic rings. The van der Waals surface area contributed by atoms with E-state index in [9.17, 15) is 14.4 Å². The van der Waals surface area contributed by atoms with E-state index in [4.69, 9.17) is 5.11 Å². The normalized spacial score (nSPS) is 23.3. The monoisotopic (exact) mass is 284 g/mol. The second kappa shape index (κ2) is 5.81. The maximum Gasteiger partial charge on any atom is 0.307 e. The van der Waals surface area contributed by atoms with Crippen LogP contribution >= 0.6 is 0 Å². The molecule has 20 heavy (non-hydrogen) atoms. The van der Waals surface area contributed by atoms with Crippen molar-refractivity contribution in [3.63, 3.8) is 0 Å². The van der Waals surface area contributed by atoms with Crippen LogP contribution in [0.5, 0.6) is 0 Å². The van der Waals surface area contributed by atoms with Gasteiger partial charge in [-0.2, -0.15) is 0 Å². The molecule has 0 aliphatic heterocycles. The molecule has 114 valence electrons. The molecular weight excluding hydrogens is 260 g/mol. The van der Waals surface area contributed by atoms with Crippen molar-refractivity contribution in [2.24, 2.45) is 23.2 Å². The summed E-state index contributed by atoms with van der Waals surface area (Å²) in [6.07, 6.45) is 0. The lowest BCUT2D eigenvalue weighted by Crippen LogP contribution is -2.38. The van der Waals surface area contributed by atoms with Gasteiger partial charge in [-0.05, 0) is 5.41 Å². The average molecular weight is 284 g/mol. The minimum atomic E-state index is -0.921. The van der Waals surface area contributed by atoms with Gasteiger partial charge in [0.1, 0.15) is 0 Å². The first kappa shape index (κ1) is 16.5. The summed E-state index contributed by atoms with van der Waals surface area (Å²) in [4.78, 5) is 36.1. The van der Waals surface area contributed by atoms with Crippen LogP contribution in [0.4, 0.5) is 0 Å². The molecular formula is C14H24N2O4. The third-order valence-electron chi connectivity index (χ3n) is 4.01. The van der Waals surface area contributed by atoms with Gasteiger partial charge in [-0.15, -0.1) is 0 Å². The van der Waals surface area contributed by atoms with Gasteiger partial charge in [0.2, 0.25) is 11.8 Å². The Kier molecular flexibility index (Phi) is 4.78. The Balaban J connectivity index is 2.45. The Morgan fingerprint density at radius 3 is 2.20 bits per heavy atom. The molecule has 0 bridgehead atoms. The van der Waals surface area contributed by atoms with Crippen molar-refractivity contribution in [1.82, 2.24) is 10.2 Å². The highest BCUT2D eigenvalue weighted by Gasteiger charge is 2.66. The molecule has 2 amide bonds. The van der Waals surface area contributed by atoms with Crippen LogP contribution in [0.25, 0.3) is 0 Å². The topological polar surface area (TPSA) is 86.7 Å². The second-order valence-electron chi connectivity index (χ2n) is 6.32. The van der Waals surface area contributed by atoms with Crippen molar-refractivity contribution in [1.29, 1.82) is 0 Å². The highest BCUT2D eigenvalue weighted by Crippen LogP contribution is 2.58. The largest absolute Gasteiger partial charge is 0.481 e. The maximum absolute atomic E-state index is 12.2. The fourth-order valence-corrected chi connectivity index (χ4v) is 2.46. The van der Waals surface area contributed by atoms with E-state index in [1.54, 1.807) is 34.7 Å². The molecule has 1 fully saturated rings. The van der Waals surface area contributed by atoms with Gasteiger partial charge in [-0.3, -0.25) is 14.4 Å². The minimum absolute atomic E-state index is 0.0546. The number of amides is 2. The van der Waals surface area contributed by atoms with Gasteiger partial charge in [-0.1, -0.05) is 27.7 Å². The summed E-state index contributed by atoms with van der Waals surface area (Å²) in [6.45, 7) is 7.95. The zero-order chi connectivity index (χ0) is 15.7. The predicted molar refractivity (Wildman–Crippen MR) is 73.9 cm³/mol. The van der Waals surface area contributed by atoms with Crippen molar-refractivity contribution < 1.29 is 19.5 Å². The highest BCUT2D eigenvalue weighted by atomic mass is 16.4. The van der Waals surface area contributed by atoms with E-state index in [2.05, 4.69) is 5.32 Å². The molecule has 0 heterocycles. The number of nitrogens with one attached hydrogen (secondary N) is 1. The van der Waals surface area contributed by atoms with Gasteiger partial charge in [0, 0.05) is 26.1 Å². The summed E-state index contributed by atoms with van der Waals surface area (Å²) in [5.41, 5.74) is -0.488. The summed E-state index contributed by atoms with van der Waals surface area (Å²) in [7, 11) is 1.64. The molecule has 6 heteroatoms. The van der Waals surface area contributed by atoms with Crippen LogP contribution in [0.2, 0.25) is 0 Å². The van der Waals surface area contributed by atoms with Crippen molar-refractivity contribution in [2.75, 3.05) is 20.1 Å². The van der Waals surface area contributed by atoms with Gasteiger partial charge in [0.25, 0.3) is 0 Å². The molecule has 0 radical (unpaired) electrons. The summed E-state index contributed by atoms with van der Waals surface area (Å²) in [5.74, 6) is -2.31. The second-order valence-corrected chi connectivity index (χ2v) is 6.32. The molecule has 6 nitrogen and oxygen atoms in total. The van der Waals surface area contributed by atoms with Crippen LogP contribution in [0, 0.1) is 23.2 Å². The van der Waals surface area contributed by atoms with E-state index in [1.165, 1.54) is 4.90 Å². The summed E-state index contributed by atoms with van der Waals surface area (Å²) in [5, 5.41) is 11.8. The zero-order valence-electron chi connectivity index (χ0n) is 12.8. The number of hydrogen-bond acceptors (Lipinski definition) is 3. The molecule has 1 rings (SSSR count). The number of carbonyl (C=O) groups excluding carboxylic acids is 2. The summed E-state index contributed by atoms with van der Waals surface area (Å²) >= 11 is 0. The predicted octanol–water partition coefficient (Wildman–Crippen LogP) is 0.574. The average Bonchev–Trinajstić information content (AvgIpc) is 2.90. The number of carboxylic acids is 1. The molecule has 0 aromatic heterocycles. The van der Waals surface area contributed by atoms with Crippen LogP contribution in [0.1, 0.15) is 27.7 Å². The molecule has 2 atom stereocenters. The first-order valence-electron chi connectivity index (χ1n) is 6.86. The lowest BCUT2D eigenvalue weighted by Gasteiger charge is -2.18. The molecule has 0 spiro atoms. The number of likely N-dealkylation sites (N-methyl/N-ethyl adjacent to an activating group) is 1. The lowest BCUT2D eigenvalue weighted by molar-refractivity contribution is -0.141. The SMILES string of the molecule is CC(C)C(=O)NCCN(C)C(=O)[C@@H]1[C@H](C(=O)O)C1(C)C. The summed E-state index contributed by atoms with van der Waals surface area (Å²) < 4.78 is 0. The first-order chi connectivity index (χ1) is 9.10. The van der Waals surface area contributed by atoms with E-state index in [1.807, 2.05) is 0 Å². The summed E-state index contributed by atoms with van der Waals surface area (Å²) in [6, 6.07) is 0. The smallest absolute Gasteiger partial charge is 0.307 e. The number of aliphatic carboxylic acids is 1. The van der Waals surface area contributed by atoms with Crippen molar-refractivity contribution in [2.45, 2.75) is 27.7 Å². The number of carbonyl (C=O) groups is 3. The molecule has 0 aromatic carbocycles. The molecule has 0 saturated heterocycles. The Bertz CT molecular complexity index is 417. The van der Waals surface area contributed by atoms with E-state index in [0.717, 1.165) is 0 Å². The number of rotatable bonds is 6. The fraction of sp³-hybridized carbons (Fsp3) is 0.786. The lowest BCUT2D eigenvalue weighted by atomic mass is 10.1.